The molecule has 0 radical (unpaired) electrons. The third kappa shape index (κ3) is 6.17. The first kappa shape index (κ1) is 19.9. The van der Waals surface area contributed by atoms with Gasteiger partial charge in [0.15, 0.2) is 0 Å². The minimum absolute atomic E-state index is 0.0820. The van der Waals surface area contributed by atoms with Crippen LogP contribution in [-0.2, 0) is 4.84 Å². The molecule has 1 heterocycles. The SMILES string of the molecule is CCCON1C(C)(C)CC(NCCCC(C)(C)C)CC1(C)C. The summed E-state index contributed by atoms with van der Waals surface area (Å²) in [5.74, 6) is 0. The van der Waals surface area contributed by atoms with Crippen molar-refractivity contribution < 1.29 is 4.84 Å². The number of hydroxylamine groups is 2. The van der Waals surface area contributed by atoms with Crippen molar-refractivity contribution in [1.29, 1.82) is 0 Å². The van der Waals surface area contributed by atoms with Crippen LogP contribution in [0.15, 0.2) is 0 Å². The third-order valence-electron chi connectivity index (χ3n) is 4.55. The zero-order valence-electron chi connectivity index (χ0n) is 16.4. The van der Waals surface area contributed by atoms with Gasteiger partial charge in [0.25, 0.3) is 0 Å². The van der Waals surface area contributed by atoms with Gasteiger partial charge in [-0.2, -0.15) is 5.06 Å². The highest BCUT2D eigenvalue weighted by Gasteiger charge is 2.46. The Bertz CT molecular complexity index is 313. The smallest absolute Gasteiger partial charge is 0.0683 e. The molecule has 132 valence electrons. The molecule has 0 aromatic rings. The van der Waals surface area contributed by atoms with Gasteiger partial charge >= 0.3 is 0 Å². The lowest BCUT2D eigenvalue weighted by atomic mass is 9.79. The fourth-order valence-corrected chi connectivity index (χ4v) is 3.86. The molecule has 1 rings (SSSR count). The Labute approximate surface area is 139 Å². The predicted molar refractivity (Wildman–Crippen MR) is 96.0 cm³/mol. The van der Waals surface area contributed by atoms with Crippen molar-refractivity contribution in [2.24, 2.45) is 5.41 Å². The molecule has 0 spiro atoms. The quantitative estimate of drug-likeness (QED) is 0.686. The van der Waals surface area contributed by atoms with Gasteiger partial charge in [-0.15, -0.1) is 0 Å². The Morgan fingerprint density at radius 1 is 1.09 bits per heavy atom. The van der Waals surface area contributed by atoms with Crippen molar-refractivity contribution >= 4 is 0 Å². The topological polar surface area (TPSA) is 24.5 Å². The Morgan fingerprint density at radius 3 is 2.09 bits per heavy atom. The second-order valence-electron chi connectivity index (χ2n) is 9.48. The number of rotatable bonds is 7. The summed E-state index contributed by atoms with van der Waals surface area (Å²) in [5.41, 5.74) is 0.606. The molecule has 0 bridgehead atoms. The van der Waals surface area contributed by atoms with E-state index in [0.717, 1.165) is 32.4 Å². The second-order valence-corrected chi connectivity index (χ2v) is 9.48. The second kappa shape index (κ2) is 7.63. The zero-order chi connectivity index (χ0) is 17.0. The summed E-state index contributed by atoms with van der Waals surface area (Å²) in [6, 6.07) is 0.589. The summed E-state index contributed by atoms with van der Waals surface area (Å²) in [5, 5.41) is 6.06. The van der Waals surface area contributed by atoms with Crippen LogP contribution in [0.4, 0.5) is 0 Å². The van der Waals surface area contributed by atoms with Crippen molar-refractivity contribution in [2.45, 2.75) is 105 Å². The highest BCUT2D eigenvalue weighted by Crippen LogP contribution is 2.38. The first-order chi connectivity index (χ1) is 9.98. The van der Waals surface area contributed by atoms with Crippen LogP contribution in [0.3, 0.4) is 0 Å². The van der Waals surface area contributed by atoms with Crippen LogP contribution >= 0.6 is 0 Å². The van der Waals surface area contributed by atoms with E-state index >= 15 is 0 Å². The molecule has 3 nitrogen and oxygen atoms in total. The van der Waals surface area contributed by atoms with Crippen molar-refractivity contribution in [2.75, 3.05) is 13.2 Å². The summed E-state index contributed by atoms with van der Waals surface area (Å²) in [7, 11) is 0. The van der Waals surface area contributed by atoms with Gasteiger partial charge in [-0.1, -0.05) is 27.7 Å². The molecule has 1 aliphatic heterocycles. The lowest BCUT2D eigenvalue weighted by Crippen LogP contribution is -2.63. The molecule has 0 aromatic carbocycles. The van der Waals surface area contributed by atoms with Gasteiger partial charge in [-0.3, -0.25) is 4.84 Å². The molecule has 0 aliphatic carbocycles. The van der Waals surface area contributed by atoms with E-state index in [1.54, 1.807) is 0 Å². The summed E-state index contributed by atoms with van der Waals surface area (Å²) >= 11 is 0. The highest BCUT2D eigenvalue weighted by molar-refractivity contribution is 4.99. The van der Waals surface area contributed by atoms with Gasteiger partial charge in [-0.05, 0) is 71.8 Å². The number of nitrogens with one attached hydrogen (secondary N) is 1. The van der Waals surface area contributed by atoms with Gasteiger partial charge in [0, 0.05) is 17.1 Å². The van der Waals surface area contributed by atoms with Crippen LogP contribution in [0.5, 0.6) is 0 Å². The summed E-state index contributed by atoms with van der Waals surface area (Å²) in [6.45, 7) is 20.3. The van der Waals surface area contributed by atoms with Crippen molar-refractivity contribution in [1.82, 2.24) is 10.4 Å². The molecule has 0 aromatic heterocycles. The first-order valence-electron chi connectivity index (χ1n) is 9.14. The normalized spacial score (nSPS) is 22.9. The maximum absolute atomic E-state index is 6.09. The standard InChI is InChI=1S/C19H40N2O/c1-9-13-22-21-18(5,6)14-16(15-19(21,7)8)20-12-10-11-17(2,3)4/h16,20H,9-15H2,1-8H3. The molecule has 1 fully saturated rings. The molecule has 22 heavy (non-hydrogen) atoms. The lowest BCUT2D eigenvalue weighted by molar-refractivity contribution is -0.283. The van der Waals surface area contributed by atoms with Crippen LogP contribution in [0.1, 0.15) is 87.5 Å². The molecule has 0 atom stereocenters. The van der Waals surface area contributed by atoms with Crippen molar-refractivity contribution in [3.05, 3.63) is 0 Å². The average molecular weight is 313 g/mol. The van der Waals surface area contributed by atoms with Crippen LogP contribution in [-0.4, -0.2) is 35.3 Å². The maximum atomic E-state index is 6.09. The van der Waals surface area contributed by atoms with Gasteiger partial charge in [0.1, 0.15) is 0 Å². The molecule has 3 heteroatoms. The minimum atomic E-state index is 0.0820. The van der Waals surface area contributed by atoms with E-state index in [9.17, 15) is 0 Å². The number of nitrogens with zero attached hydrogens (tertiary/aromatic N) is 1. The molecule has 1 saturated heterocycles. The average Bonchev–Trinajstić information content (AvgIpc) is 2.31. The van der Waals surface area contributed by atoms with Crippen LogP contribution in [0.25, 0.3) is 0 Å². The van der Waals surface area contributed by atoms with Gasteiger partial charge in [0.05, 0.1) is 6.61 Å². The van der Waals surface area contributed by atoms with E-state index in [-0.39, 0.29) is 11.1 Å². The maximum Gasteiger partial charge on any atom is 0.0683 e. The Hall–Kier alpha value is -0.120. The van der Waals surface area contributed by atoms with Gasteiger partial charge in [-0.25, -0.2) is 0 Å². The molecule has 0 saturated carbocycles. The lowest BCUT2D eigenvalue weighted by Gasteiger charge is -2.54. The number of hydrogen-bond acceptors (Lipinski definition) is 3. The van der Waals surface area contributed by atoms with Crippen molar-refractivity contribution in [3.63, 3.8) is 0 Å². The first-order valence-corrected chi connectivity index (χ1v) is 9.14. The summed E-state index contributed by atoms with van der Waals surface area (Å²) in [6.07, 6.45) is 5.91. The van der Waals surface area contributed by atoms with E-state index in [2.05, 4.69) is 65.8 Å². The molecule has 1 aliphatic rings. The van der Waals surface area contributed by atoms with Crippen molar-refractivity contribution in [3.8, 4) is 0 Å². The molecular weight excluding hydrogens is 272 g/mol. The minimum Gasteiger partial charge on any atom is -0.314 e. The summed E-state index contributed by atoms with van der Waals surface area (Å²) in [4.78, 5) is 6.09. The highest BCUT2D eigenvalue weighted by atomic mass is 16.7. The van der Waals surface area contributed by atoms with Crippen LogP contribution in [0.2, 0.25) is 0 Å². The molecule has 1 N–H and O–H groups in total. The fraction of sp³-hybridized carbons (Fsp3) is 1.00. The Balaban J connectivity index is 2.53. The fourth-order valence-electron chi connectivity index (χ4n) is 3.86. The molecule has 0 unspecified atom stereocenters. The van der Waals surface area contributed by atoms with E-state index in [0.29, 0.717) is 11.5 Å². The third-order valence-corrected chi connectivity index (χ3v) is 4.55. The number of hydrogen-bond donors (Lipinski definition) is 1. The number of piperidine rings is 1. The Morgan fingerprint density at radius 2 is 1.64 bits per heavy atom. The van der Waals surface area contributed by atoms with E-state index in [1.165, 1.54) is 12.8 Å². The zero-order valence-corrected chi connectivity index (χ0v) is 16.4. The monoisotopic (exact) mass is 312 g/mol. The predicted octanol–water partition coefficient (Wildman–Crippen LogP) is 4.77. The molecular formula is C19H40N2O. The van der Waals surface area contributed by atoms with Gasteiger partial charge in [0.2, 0.25) is 0 Å². The van der Waals surface area contributed by atoms with Gasteiger partial charge < -0.3 is 5.32 Å². The van der Waals surface area contributed by atoms with E-state index in [1.807, 2.05) is 0 Å². The van der Waals surface area contributed by atoms with Crippen LogP contribution < -0.4 is 5.32 Å². The Kier molecular flexibility index (Phi) is 6.91. The molecule has 0 amide bonds. The van der Waals surface area contributed by atoms with E-state index in [4.69, 9.17) is 4.84 Å². The van der Waals surface area contributed by atoms with E-state index < -0.39 is 0 Å². The largest absolute Gasteiger partial charge is 0.314 e. The van der Waals surface area contributed by atoms with Crippen LogP contribution in [0, 0.1) is 5.41 Å². The summed E-state index contributed by atoms with van der Waals surface area (Å²) < 4.78 is 0.